The van der Waals surface area contributed by atoms with E-state index in [4.69, 9.17) is 4.74 Å². The van der Waals surface area contributed by atoms with E-state index < -0.39 is 0 Å². The molecule has 2 N–H and O–H groups in total. The lowest BCUT2D eigenvalue weighted by Gasteiger charge is -2.18. The van der Waals surface area contributed by atoms with Crippen LogP contribution in [0.1, 0.15) is 29.5 Å². The second-order valence-electron chi connectivity index (χ2n) is 5.62. The van der Waals surface area contributed by atoms with Gasteiger partial charge in [0, 0.05) is 6.54 Å². The van der Waals surface area contributed by atoms with Crippen LogP contribution in [0.4, 0.5) is 5.69 Å². The Morgan fingerprint density at radius 2 is 2.11 bits per heavy atom. The molecule has 0 spiro atoms. The summed E-state index contributed by atoms with van der Waals surface area (Å²) >= 11 is 0. The summed E-state index contributed by atoms with van der Waals surface area (Å²) in [5.74, 6) is 1.83. The first kappa shape index (κ1) is 14.2. The van der Waals surface area contributed by atoms with Crippen LogP contribution in [0.15, 0.2) is 6.07 Å². The predicted octanol–water partition coefficient (Wildman–Crippen LogP) is 3.03. The molecule has 0 aromatic heterocycles. The predicted molar refractivity (Wildman–Crippen MR) is 81.3 cm³/mol. The maximum Gasteiger partial charge on any atom is 0.145 e. The average molecular weight is 262 g/mol. The molecular weight excluding hydrogens is 236 g/mol. The third-order valence-corrected chi connectivity index (χ3v) is 4.21. The van der Waals surface area contributed by atoms with Crippen molar-refractivity contribution in [3.8, 4) is 5.75 Å². The van der Waals surface area contributed by atoms with Crippen LogP contribution in [-0.4, -0.2) is 26.7 Å². The van der Waals surface area contributed by atoms with E-state index in [1.807, 2.05) is 0 Å². The number of hydrogen-bond acceptors (Lipinski definition) is 3. The van der Waals surface area contributed by atoms with Gasteiger partial charge in [0.1, 0.15) is 5.75 Å². The molecule has 106 valence electrons. The Morgan fingerprint density at radius 3 is 2.74 bits per heavy atom. The number of rotatable bonds is 5. The Balaban J connectivity index is 2.04. The van der Waals surface area contributed by atoms with Gasteiger partial charge in [-0.2, -0.15) is 0 Å². The summed E-state index contributed by atoms with van der Waals surface area (Å²) in [4.78, 5) is 0. The zero-order valence-electron chi connectivity index (χ0n) is 12.6. The topological polar surface area (TPSA) is 33.3 Å². The molecule has 0 saturated carbocycles. The molecule has 1 aromatic rings. The first-order chi connectivity index (χ1) is 9.13. The maximum atomic E-state index is 5.59. The Bertz CT molecular complexity index is 437. The summed E-state index contributed by atoms with van der Waals surface area (Å²) < 4.78 is 5.59. The Kier molecular flexibility index (Phi) is 4.70. The van der Waals surface area contributed by atoms with Crippen molar-refractivity contribution in [1.29, 1.82) is 0 Å². The maximum absolute atomic E-state index is 5.59. The summed E-state index contributed by atoms with van der Waals surface area (Å²) in [7, 11) is 1.76. The first-order valence-corrected chi connectivity index (χ1v) is 7.23. The highest BCUT2D eigenvalue weighted by molar-refractivity contribution is 5.66. The van der Waals surface area contributed by atoms with Crippen molar-refractivity contribution in [3.05, 3.63) is 22.8 Å². The number of anilines is 1. The number of benzene rings is 1. The van der Waals surface area contributed by atoms with Crippen molar-refractivity contribution < 1.29 is 4.74 Å². The van der Waals surface area contributed by atoms with Gasteiger partial charge < -0.3 is 15.4 Å². The first-order valence-electron chi connectivity index (χ1n) is 7.23. The lowest BCUT2D eigenvalue weighted by molar-refractivity contribution is 0.412. The van der Waals surface area contributed by atoms with Crippen LogP contribution >= 0.6 is 0 Å². The molecule has 2 rings (SSSR count). The smallest absolute Gasteiger partial charge is 0.145 e. The lowest BCUT2D eigenvalue weighted by Crippen LogP contribution is -2.13. The van der Waals surface area contributed by atoms with Crippen LogP contribution in [0.3, 0.4) is 0 Å². The van der Waals surface area contributed by atoms with E-state index in [0.717, 1.165) is 23.9 Å². The molecule has 19 heavy (non-hydrogen) atoms. The molecule has 0 amide bonds. The molecular formula is C16H26N2O. The molecule has 1 fully saturated rings. The van der Waals surface area contributed by atoms with Crippen LogP contribution in [-0.2, 0) is 0 Å². The van der Waals surface area contributed by atoms with Gasteiger partial charge in [-0.1, -0.05) is 6.07 Å². The molecule has 1 heterocycles. The van der Waals surface area contributed by atoms with E-state index in [1.54, 1.807) is 7.11 Å². The summed E-state index contributed by atoms with van der Waals surface area (Å²) in [6, 6.07) is 2.23. The monoisotopic (exact) mass is 262 g/mol. The second kappa shape index (κ2) is 6.29. The lowest BCUT2D eigenvalue weighted by atomic mass is 10.0. The van der Waals surface area contributed by atoms with Gasteiger partial charge in [-0.05, 0) is 69.3 Å². The molecule has 0 radical (unpaired) electrons. The average Bonchev–Trinajstić information content (AvgIpc) is 2.89. The Labute approximate surface area is 116 Å². The Hall–Kier alpha value is -1.22. The molecule has 1 aromatic carbocycles. The Morgan fingerprint density at radius 1 is 1.32 bits per heavy atom. The zero-order chi connectivity index (χ0) is 13.8. The molecule has 1 saturated heterocycles. The molecule has 1 aliphatic heterocycles. The van der Waals surface area contributed by atoms with Gasteiger partial charge in [-0.15, -0.1) is 0 Å². The van der Waals surface area contributed by atoms with Crippen molar-refractivity contribution in [1.82, 2.24) is 5.32 Å². The zero-order valence-corrected chi connectivity index (χ0v) is 12.6. The minimum atomic E-state index is 0.824. The second-order valence-corrected chi connectivity index (χ2v) is 5.62. The minimum absolute atomic E-state index is 0.824. The van der Waals surface area contributed by atoms with Crippen molar-refractivity contribution in [2.75, 3.05) is 32.1 Å². The number of methoxy groups -OCH3 is 1. The van der Waals surface area contributed by atoms with Crippen LogP contribution in [0, 0.1) is 26.7 Å². The third kappa shape index (κ3) is 3.21. The standard InChI is InChI=1S/C16H26N2O/c1-11-9-12(2)15(16(19-4)13(11)3)18-8-6-14-5-7-17-10-14/h9,14,17-18H,5-8,10H2,1-4H3. The van der Waals surface area contributed by atoms with Gasteiger partial charge in [0.2, 0.25) is 0 Å². The van der Waals surface area contributed by atoms with E-state index >= 15 is 0 Å². The van der Waals surface area contributed by atoms with Gasteiger partial charge in [-0.25, -0.2) is 0 Å². The van der Waals surface area contributed by atoms with Gasteiger partial charge in [0.15, 0.2) is 0 Å². The fourth-order valence-corrected chi connectivity index (χ4v) is 2.89. The highest BCUT2D eigenvalue weighted by Crippen LogP contribution is 2.34. The van der Waals surface area contributed by atoms with Crippen LogP contribution in [0.2, 0.25) is 0 Å². The molecule has 3 heteroatoms. The molecule has 1 atom stereocenters. The molecule has 3 nitrogen and oxygen atoms in total. The fraction of sp³-hybridized carbons (Fsp3) is 0.625. The summed E-state index contributed by atoms with van der Waals surface area (Å²) in [6.45, 7) is 9.78. The highest BCUT2D eigenvalue weighted by atomic mass is 16.5. The number of nitrogens with one attached hydrogen (secondary N) is 2. The normalized spacial score (nSPS) is 18.6. The highest BCUT2D eigenvalue weighted by Gasteiger charge is 2.15. The van der Waals surface area contributed by atoms with Crippen LogP contribution < -0.4 is 15.4 Å². The fourth-order valence-electron chi connectivity index (χ4n) is 2.89. The van der Waals surface area contributed by atoms with E-state index in [1.165, 1.54) is 42.6 Å². The van der Waals surface area contributed by atoms with Crippen molar-refractivity contribution in [2.24, 2.45) is 5.92 Å². The van der Waals surface area contributed by atoms with E-state index in [-0.39, 0.29) is 0 Å². The molecule has 0 bridgehead atoms. The van der Waals surface area contributed by atoms with Crippen molar-refractivity contribution in [3.63, 3.8) is 0 Å². The van der Waals surface area contributed by atoms with Gasteiger partial charge in [-0.3, -0.25) is 0 Å². The SMILES string of the molecule is COc1c(C)c(C)cc(C)c1NCCC1CCNC1. The minimum Gasteiger partial charge on any atom is -0.494 e. The number of ether oxygens (including phenoxy) is 1. The van der Waals surface area contributed by atoms with Crippen molar-refractivity contribution in [2.45, 2.75) is 33.6 Å². The van der Waals surface area contributed by atoms with Gasteiger partial charge in [0.25, 0.3) is 0 Å². The number of hydrogen-bond donors (Lipinski definition) is 2. The van der Waals surface area contributed by atoms with E-state index in [0.29, 0.717) is 0 Å². The van der Waals surface area contributed by atoms with Crippen LogP contribution in [0.5, 0.6) is 5.75 Å². The van der Waals surface area contributed by atoms with Gasteiger partial charge in [0.05, 0.1) is 12.8 Å². The largest absolute Gasteiger partial charge is 0.494 e. The van der Waals surface area contributed by atoms with E-state index in [2.05, 4.69) is 37.5 Å². The number of aryl methyl sites for hydroxylation is 2. The summed E-state index contributed by atoms with van der Waals surface area (Å²) in [5, 5.41) is 6.99. The van der Waals surface area contributed by atoms with Crippen LogP contribution in [0.25, 0.3) is 0 Å². The third-order valence-electron chi connectivity index (χ3n) is 4.21. The van der Waals surface area contributed by atoms with E-state index in [9.17, 15) is 0 Å². The molecule has 1 aliphatic rings. The summed E-state index contributed by atoms with van der Waals surface area (Å²) in [6.07, 6.45) is 2.53. The molecule has 0 aliphatic carbocycles. The summed E-state index contributed by atoms with van der Waals surface area (Å²) in [5.41, 5.74) is 4.96. The molecule has 1 unspecified atom stereocenters. The quantitative estimate of drug-likeness (QED) is 0.855. The van der Waals surface area contributed by atoms with Crippen molar-refractivity contribution >= 4 is 5.69 Å². The van der Waals surface area contributed by atoms with Gasteiger partial charge >= 0.3 is 0 Å².